The third-order valence-corrected chi connectivity index (χ3v) is 18.3. The van der Waals surface area contributed by atoms with Crippen molar-refractivity contribution in [2.45, 2.75) is 110 Å². The van der Waals surface area contributed by atoms with Gasteiger partial charge >= 0.3 is 17.9 Å². The number of aliphatic hydroxyl groups is 2. The molecule has 10 atom stereocenters. The molecule has 14 nitrogen and oxygen atoms in total. The molecule has 4 aromatic rings. The van der Waals surface area contributed by atoms with E-state index in [1.54, 1.807) is 17.8 Å². The fourth-order valence-corrected chi connectivity index (χ4v) is 15.5. The number of amides is 1. The average molecular weight is 982 g/mol. The minimum atomic E-state index is -2.56. The van der Waals surface area contributed by atoms with Crippen LogP contribution in [0.5, 0.6) is 5.75 Å². The first kappa shape index (κ1) is 47.8. The molecule has 3 N–H and O–H groups in total. The summed E-state index contributed by atoms with van der Waals surface area (Å²) in [4.78, 5) is 68.0. The molecule has 366 valence electrons. The molecule has 3 aromatic carbocycles. The predicted octanol–water partition coefficient (Wildman–Crippen LogP) is 6.46. The molecule has 5 aliphatic heterocycles. The highest BCUT2D eigenvalue weighted by Gasteiger charge is 2.81. The van der Waals surface area contributed by atoms with Crippen molar-refractivity contribution >= 4 is 64.3 Å². The summed E-state index contributed by atoms with van der Waals surface area (Å²) in [5.74, 6) is -1.51. The molecule has 69 heavy (non-hydrogen) atoms. The molecule has 1 aromatic heterocycles. The van der Waals surface area contributed by atoms with Gasteiger partial charge in [0.25, 0.3) is 0 Å². The van der Waals surface area contributed by atoms with E-state index in [2.05, 4.69) is 33.0 Å². The van der Waals surface area contributed by atoms with Crippen molar-refractivity contribution < 1.29 is 48.3 Å². The molecular weight excluding hydrogens is 920 g/mol. The highest BCUT2D eigenvalue weighted by molar-refractivity contribution is 7.98. The lowest BCUT2D eigenvalue weighted by molar-refractivity contribution is -0.228. The Hall–Kier alpha value is -4.90. The van der Waals surface area contributed by atoms with E-state index in [9.17, 15) is 24.6 Å². The van der Waals surface area contributed by atoms with Crippen molar-refractivity contribution in [1.82, 2.24) is 14.8 Å². The van der Waals surface area contributed by atoms with Crippen LogP contribution >= 0.6 is 23.4 Å². The summed E-state index contributed by atoms with van der Waals surface area (Å²) in [6.45, 7) is 8.03. The van der Waals surface area contributed by atoms with Gasteiger partial charge in [0.2, 0.25) is 12.0 Å². The van der Waals surface area contributed by atoms with E-state index >= 15 is 4.79 Å². The normalized spacial score (nSPS) is 33.2. The molecule has 6 aliphatic rings. The van der Waals surface area contributed by atoms with Gasteiger partial charge in [-0.3, -0.25) is 24.2 Å². The fourth-order valence-electron chi connectivity index (χ4n) is 14.3. The molecule has 1 aliphatic carbocycles. The van der Waals surface area contributed by atoms with E-state index in [0.29, 0.717) is 105 Å². The van der Waals surface area contributed by atoms with Crippen molar-refractivity contribution in [1.29, 1.82) is 0 Å². The lowest BCUT2D eigenvalue weighted by Crippen LogP contribution is -2.81. The van der Waals surface area contributed by atoms with Gasteiger partial charge in [-0.15, -0.1) is 11.8 Å². The van der Waals surface area contributed by atoms with E-state index in [4.69, 9.17) is 30.5 Å². The number of halogens is 1. The highest BCUT2D eigenvalue weighted by atomic mass is 35.5. The predicted molar refractivity (Wildman–Crippen MR) is 262 cm³/mol. The van der Waals surface area contributed by atoms with Crippen LogP contribution in [0.4, 0.5) is 5.69 Å². The fraction of sp³-hybridized carbons (Fsp3) is 0.509. The maximum atomic E-state index is 15.7. The zero-order valence-electron chi connectivity index (χ0n) is 40.0. The number of aromatic nitrogens is 1. The number of carbonyl (C=O) groups excluding carboxylic acids is 4. The van der Waals surface area contributed by atoms with Crippen LogP contribution in [0.3, 0.4) is 0 Å². The SMILES string of the molecule is CC[C@]1(O)C[C@H]2CN(CCc3c([nH]c4ccc(SCc5ccccc5Cl)cc34)[C@@](C(=O)OC)(c3cc4c(cc3OC)N(C=O)C3[C@]45CCN4CC=C[C@@](CC)([C@@H](OC(C)=O)[C@]3(O)C(=O)OC)[C@H]45)C2)C1. The number of anilines is 1. The van der Waals surface area contributed by atoms with Crippen LogP contribution < -0.4 is 9.64 Å². The van der Waals surface area contributed by atoms with Gasteiger partial charge in [-0.2, -0.15) is 0 Å². The van der Waals surface area contributed by atoms with Gasteiger partial charge in [-0.05, 0) is 98.0 Å². The number of benzene rings is 3. The molecule has 1 saturated carbocycles. The van der Waals surface area contributed by atoms with Crippen LogP contribution in [0.25, 0.3) is 10.9 Å². The molecule has 0 radical (unpaired) electrons. The number of esters is 3. The number of carbonyl (C=O) groups is 4. The van der Waals surface area contributed by atoms with E-state index < -0.39 is 63.5 Å². The Morgan fingerprint density at radius 3 is 2.43 bits per heavy atom. The Bertz CT molecular complexity index is 2780. The lowest BCUT2D eigenvalue weighted by atomic mass is 9.47. The summed E-state index contributed by atoms with van der Waals surface area (Å²) in [6.07, 6.45) is 5.65. The Kier molecular flexibility index (Phi) is 12.1. The largest absolute Gasteiger partial charge is 0.496 e. The van der Waals surface area contributed by atoms with Gasteiger partial charge in [0, 0.05) is 93.9 Å². The van der Waals surface area contributed by atoms with Crippen molar-refractivity contribution in [3.63, 3.8) is 0 Å². The van der Waals surface area contributed by atoms with Crippen molar-refractivity contribution in [2.75, 3.05) is 59.0 Å². The number of H-pyrrole nitrogens is 1. The maximum absolute atomic E-state index is 15.7. The first-order valence-electron chi connectivity index (χ1n) is 24.0. The number of rotatable bonds is 11. The number of hydrogen-bond donors (Lipinski definition) is 3. The van der Waals surface area contributed by atoms with Crippen molar-refractivity contribution in [3.05, 3.63) is 99.7 Å². The topological polar surface area (TPSA) is 171 Å². The number of fused-ring (bicyclic) bond motifs is 6. The van der Waals surface area contributed by atoms with E-state index in [1.807, 2.05) is 56.3 Å². The van der Waals surface area contributed by atoms with Gasteiger partial charge in [0.15, 0.2) is 6.10 Å². The minimum absolute atomic E-state index is 0.195. The monoisotopic (exact) mass is 980 g/mol. The summed E-state index contributed by atoms with van der Waals surface area (Å²) >= 11 is 8.26. The third-order valence-electron chi connectivity index (χ3n) is 16.9. The molecule has 3 fully saturated rings. The molecule has 1 spiro atoms. The van der Waals surface area contributed by atoms with Gasteiger partial charge in [-0.25, -0.2) is 4.79 Å². The minimum Gasteiger partial charge on any atom is -0.496 e. The maximum Gasteiger partial charge on any atom is 0.344 e. The molecule has 2 bridgehead atoms. The number of thioether (sulfide) groups is 1. The van der Waals surface area contributed by atoms with Crippen molar-refractivity contribution in [2.24, 2.45) is 11.3 Å². The number of hydrogen-bond acceptors (Lipinski definition) is 13. The zero-order valence-corrected chi connectivity index (χ0v) is 41.6. The Balaban J connectivity index is 1.25. The van der Waals surface area contributed by atoms with Crippen LogP contribution in [0.1, 0.15) is 80.8 Å². The van der Waals surface area contributed by atoms with Gasteiger partial charge in [0.05, 0.1) is 38.7 Å². The van der Waals surface area contributed by atoms with E-state index in [0.717, 1.165) is 26.9 Å². The Labute approximate surface area is 411 Å². The van der Waals surface area contributed by atoms with Gasteiger partial charge in [-0.1, -0.05) is 55.8 Å². The molecule has 6 heterocycles. The molecule has 10 rings (SSSR count). The summed E-state index contributed by atoms with van der Waals surface area (Å²) in [7, 11) is 4.10. The Morgan fingerprint density at radius 1 is 0.957 bits per heavy atom. The lowest BCUT2D eigenvalue weighted by Gasteiger charge is -2.63. The van der Waals surface area contributed by atoms with Crippen LogP contribution in [-0.4, -0.2) is 133 Å². The second kappa shape index (κ2) is 17.4. The zero-order chi connectivity index (χ0) is 48.8. The van der Waals surface area contributed by atoms with E-state index in [1.165, 1.54) is 33.2 Å². The summed E-state index contributed by atoms with van der Waals surface area (Å²) < 4.78 is 24.0. The molecule has 2 saturated heterocycles. The average Bonchev–Trinajstić information content (AvgIpc) is 4.02. The quantitative estimate of drug-likeness (QED) is 0.0492. The second-order valence-electron chi connectivity index (χ2n) is 20.1. The highest BCUT2D eigenvalue weighted by Crippen LogP contribution is 2.68. The van der Waals surface area contributed by atoms with Crippen LogP contribution in [0.15, 0.2) is 71.6 Å². The summed E-state index contributed by atoms with van der Waals surface area (Å²) in [5.41, 5.74) is -2.45. The molecule has 1 amide bonds. The van der Waals surface area contributed by atoms with Crippen LogP contribution in [0, 0.1) is 11.3 Å². The standard InChI is InChI=1S/C53H61ClN4O10S/c1-7-49(63)25-32-26-52(47(61)66-5,43-35(16-20-56(27-32)29-49)36-22-34(14-15-40(36)55-43)69-28-33-12-9-10-13-39(33)54)38-23-37-41(24-42(38)65-4)58(30-59)45-51(37)18-21-57-19-11-17-50(8-2,44(51)57)46(68-31(3)60)53(45,64)48(62)67-6/h9-15,17,22-24,30,32,44-46,55,63-64H,7-8,16,18-21,25-29H2,1-6H3/t32-,44+,45?,46-,49+,50-,51-,52+,53+/m1/s1. The smallest absolute Gasteiger partial charge is 0.344 e. The van der Waals surface area contributed by atoms with Crippen molar-refractivity contribution in [3.8, 4) is 5.75 Å². The third kappa shape index (κ3) is 6.88. The Morgan fingerprint density at radius 2 is 1.74 bits per heavy atom. The molecule has 16 heteroatoms. The van der Waals surface area contributed by atoms with Gasteiger partial charge in [0.1, 0.15) is 11.2 Å². The summed E-state index contributed by atoms with van der Waals surface area (Å²) in [6, 6.07) is 16.0. The first-order valence-corrected chi connectivity index (χ1v) is 25.4. The van der Waals surface area contributed by atoms with Crippen LogP contribution in [-0.2, 0) is 56.4 Å². The molecular formula is C53H61ClN4O10S. The summed E-state index contributed by atoms with van der Waals surface area (Å²) in [5, 5.41) is 27.3. The molecule has 2 unspecified atom stereocenters. The second-order valence-corrected chi connectivity index (χ2v) is 21.6. The first-order chi connectivity index (χ1) is 33.1. The van der Waals surface area contributed by atoms with Gasteiger partial charge < -0.3 is 39.0 Å². The number of piperidine rings is 1. The number of methoxy groups -OCH3 is 3. The number of ether oxygens (including phenoxy) is 4. The van der Waals surface area contributed by atoms with E-state index in [-0.39, 0.29) is 18.1 Å². The number of aromatic amines is 1. The number of nitrogens with one attached hydrogen (secondary N) is 1. The van der Waals surface area contributed by atoms with Crippen LogP contribution in [0.2, 0.25) is 5.02 Å². The number of nitrogens with zero attached hydrogens (tertiary/aromatic N) is 3.